The summed E-state index contributed by atoms with van der Waals surface area (Å²) >= 11 is 1.98. The van der Waals surface area contributed by atoms with Crippen LogP contribution >= 0.6 is 11.8 Å². The van der Waals surface area contributed by atoms with Gasteiger partial charge in [0.05, 0.1) is 6.61 Å². The van der Waals surface area contributed by atoms with Gasteiger partial charge in [-0.25, -0.2) is 4.98 Å². The average molecular weight is 252 g/mol. The first-order chi connectivity index (χ1) is 8.33. The van der Waals surface area contributed by atoms with E-state index in [1.54, 1.807) is 6.20 Å². The lowest BCUT2D eigenvalue weighted by Crippen LogP contribution is -2.25. The van der Waals surface area contributed by atoms with E-state index < -0.39 is 0 Å². The van der Waals surface area contributed by atoms with Crippen LogP contribution in [0.25, 0.3) is 0 Å². The molecule has 0 aliphatic carbocycles. The second-order valence-corrected chi connectivity index (χ2v) is 5.60. The van der Waals surface area contributed by atoms with E-state index in [9.17, 15) is 0 Å². The molecule has 0 saturated carbocycles. The summed E-state index contributed by atoms with van der Waals surface area (Å²) in [7, 11) is 0. The van der Waals surface area contributed by atoms with E-state index in [0.717, 1.165) is 29.7 Å². The van der Waals surface area contributed by atoms with Gasteiger partial charge < -0.3 is 10.0 Å². The standard InChI is InChI=1S/C13H20N2OS/c1-17-12-3-2-7-15(8-6-12)13-5-4-11(10-16)9-14-13/h4-5,9,12,16H,2-3,6-8,10H2,1H3. The molecule has 1 aliphatic heterocycles. The molecule has 1 saturated heterocycles. The molecule has 1 aromatic rings. The predicted octanol–water partition coefficient (Wildman–Crippen LogP) is 2.30. The highest BCUT2D eigenvalue weighted by atomic mass is 32.2. The minimum atomic E-state index is 0.0713. The van der Waals surface area contributed by atoms with E-state index in [1.807, 2.05) is 23.9 Å². The first kappa shape index (κ1) is 12.7. The number of rotatable bonds is 3. The van der Waals surface area contributed by atoms with Gasteiger partial charge in [-0.3, -0.25) is 0 Å². The lowest BCUT2D eigenvalue weighted by molar-refractivity contribution is 0.281. The molecule has 0 spiro atoms. The van der Waals surface area contributed by atoms with Crippen LogP contribution in [0.5, 0.6) is 0 Å². The van der Waals surface area contributed by atoms with Crippen molar-refractivity contribution >= 4 is 17.6 Å². The maximum absolute atomic E-state index is 8.99. The van der Waals surface area contributed by atoms with E-state index in [4.69, 9.17) is 5.11 Å². The zero-order valence-corrected chi connectivity index (χ0v) is 11.1. The molecule has 0 bridgehead atoms. The van der Waals surface area contributed by atoms with Gasteiger partial charge in [0.1, 0.15) is 5.82 Å². The van der Waals surface area contributed by atoms with Crippen molar-refractivity contribution in [1.29, 1.82) is 0 Å². The van der Waals surface area contributed by atoms with Crippen molar-refractivity contribution < 1.29 is 5.11 Å². The number of hydrogen-bond donors (Lipinski definition) is 1. The van der Waals surface area contributed by atoms with Crippen molar-refractivity contribution in [3.8, 4) is 0 Å². The molecule has 1 unspecified atom stereocenters. The fourth-order valence-corrected chi connectivity index (χ4v) is 2.97. The van der Waals surface area contributed by atoms with Crippen LogP contribution in [0.3, 0.4) is 0 Å². The van der Waals surface area contributed by atoms with Crippen LogP contribution in [0, 0.1) is 0 Å². The first-order valence-corrected chi connectivity index (χ1v) is 7.46. The van der Waals surface area contributed by atoms with Crippen molar-refractivity contribution in [3.05, 3.63) is 23.9 Å². The van der Waals surface area contributed by atoms with Crippen molar-refractivity contribution in [2.75, 3.05) is 24.2 Å². The monoisotopic (exact) mass is 252 g/mol. The second kappa shape index (κ2) is 6.26. The molecule has 2 rings (SSSR count). The summed E-state index contributed by atoms with van der Waals surface area (Å²) < 4.78 is 0. The molecule has 2 heterocycles. The first-order valence-electron chi connectivity index (χ1n) is 6.17. The highest BCUT2D eigenvalue weighted by Crippen LogP contribution is 2.23. The maximum atomic E-state index is 8.99. The van der Waals surface area contributed by atoms with Crippen LogP contribution in [-0.4, -0.2) is 34.7 Å². The Balaban J connectivity index is 2.01. The van der Waals surface area contributed by atoms with Gasteiger partial charge in [0.15, 0.2) is 0 Å². The lowest BCUT2D eigenvalue weighted by Gasteiger charge is -2.21. The van der Waals surface area contributed by atoms with Gasteiger partial charge in [0, 0.05) is 24.5 Å². The van der Waals surface area contributed by atoms with Crippen molar-refractivity contribution in [2.45, 2.75) is 31.1 Å². The summed E-state index contributed by atoms with van der Waals surface area (Å²) in [5, 5.41) is 9.80. The van der Waals surface area contributed by atoms with Gasteiger partial charge in [0.25, 0.3) is 0 Å². The number of thioether (sulfide) groups is 1. The average Bonchev–Trinajstić information content (AvgIpc) is 2.64. The van der Waals surface area contributed by atoms with Crippen LogP contribution in [0.4, 0.5) is 5.82 Å². The topological polar surface area (TPSA) is 36.4 Å². The maximum Gasteiger partial charge on any atom is 0.128 e. The Morgan fingerprint density at radius 3 is 2.94 bits per heavy atom. The molecular formula is C13H20N2OS. The summed E-state index contributed by atoms with van der Waals surface area (Å²) in [5.74, 6) is 1.05. The Bertz CT molecular complexity index is 342. The van der Waals surface area contributed by atoms with E-state index in [-0.39, 0.29) is 6.61 Å². The Morgan fingerprint density at radius 1 is 1.41 bits per heavy atom. The van der Waals surface area contributed by atoms with Crippen molar-refractivity contribution in [1.82, 2.24) is 4.98 Å². The van der Waals surface area contributed by atoms with Crippen molar-refractivity contribution in [3.63, 3.8) is 0 Å². The van der Waals surface area contributed by atoms with Gasteiger partial charge in [-0.05, 0) is 37.1 Å². The minimum Gasteiger partial charge on any atom is -0.392 e. The summed E-state index contributed by atoms with van der Waals surface area (Å²) in [6.45, 7) is 2.27. The van der Waals surface area contributed by atoms with Crippen LogP contribution in [0.2, 0.25) is 0 Å². The normalized spacial score (nSPS) is 21.3. The van der Waals surface area contributed by atoms with Crippen LogP contribution in [0.15, 0.2) is 18.3 Å². The number of pyridine rings is 1. The SMILES string of the molecule is CSC1CCCN(c2ccc(CO)cn2)CC1. The number of nitrogens with zero attached hydrogens (tertiary/aromatic N) is 2. The Kier molecular flexibility index (Phi) is 4.68. The molecule has 1 aliphatic rings. The van der Waals surface area contributed by atoms with Crippen LogP contribution < -0.4 is 4.90 Å². The number of aliphatic hydroxyl groups excluding tert-OH is 1. The second-order valence-electron chi connectivity index (χ2n) is 4.46. The molecular weight excluding hydrogens is 232 g/mol. The molecule has 4 heteroatoms. The third-order valence-corrected chi connectivity index (χ3v) is 4.46. The number of hydrogen-bond acceptors (Lipinski definition) is 4. The third kappa shape index (κ3) is 3.36. The zero-order chi connectivity index (χ0) is 12.1. The molecule has 1 aromatic heterocycles. The van der Waals surface area contributed by atoms with Crippen LogP contribution in [-0.2, 0) is 6.61 Å². The number of anilines is 1. The Hall–Kier alpha value is -0.740. The van der Waals surface area contributed by atoms with Gasteiger partial charge in [-0.2, -0.15) is 11.8 Å². The molecule has 0 aromatic carbocycles. The largest absolute Gasteiger partial charge is 0.392 e. The highest BCUT2D eigenvalue weighted by Gasteiger charge is 2.16. The van der Waals surface area contributed by atoms with E-state index in [1.165, 1.54) is 19.3 Å². The van der Waals surface area contributed by atoms with Gasteiger partial charge in [0.2, 0.25) is 0 Å². The Morgan fingerprint density at radius 2 is 2.29 bits per heavy atom. The summed E-state index contributed by atoms with van der Waals surface area (Å²) in [5.41, 5.74) is 0.880. The van der Waals surface area contributed by atoms with Crippen molar-refractivity contribution in [2.24, 2.45) is 0 Å². The van der Waals surface area contributed by atoms with E-state index in [2.05, 4.69) is 16.1 Å². The third-order valence-electron chi connectivity index (χ3n) is 3.32. The molecule has 1 fully saturated rings. The minimum absolute atomic E-state index is 0.0713. The summed E-state index contributed by atoms with van der Waals surface area (Å²) in [6.07, 6.45) is 7.77. The number of aromatic nitrogens is 1. The zero-order valence-electron chi connectivity index (χ0n) is 10.3. The quantitative estimate of drug-likeness (QED) is 0.895. The van der Waals surface area contributed by atoms with Gasteiger partial charge >= 0.3 is 0 Å². The highest BCUT2D eigenvalue weighted by molar-refractivity contribution is 7.99. The number of aliphatic hydroxyl groups is 1. The fraction of sp³-hybridized carbons (Fsp3) is 0.615. The van der Waals surface area contributed by atoms with E-state index >= 15 is 0 Å². The molecule has 1 N–H and O–H groups in total. The van der Waals surface area contributed by atoms with Crippen LogP contribution in [0.1, 0.15) is 24.8 Å². The van der Waals surface area contributed by atoms with Gasteiger partial charge in [-0.1, -0.05) is 6.07 Å². The summed E-state index contributed by atoms with van der Waals surface area (Å²) in [4.78, 5) is 6.78. The van der Waals surface area contributed by atoms with Gasteiger partial charge in [-0.15, -0.1) is 0 Å². The molecule has 1 atom stereocenters. The molecule has 0 amide bonds. The lowest BCUT2D eigenvalue weighted by atomic mass is 10.2. The molecule has 17 heavy (non-hydrogen) atoms. The Labute approximate surface area is 107 Å². The molecule has 0 radical (unpaired) electrons. The fourth-order valence-electron chi connectivity index (χ4n) is 2.23. The molecule has 3 nitrogen and oxygen atoms in total. The van der Waals surface area contributed by atoms with E-state index in [0.29, 0.717) is 0 Å². The summed E-state index contributed by atoms with van der Waals surface area (Å²) in [6, 6.07) is 3.98. The molecule has 94 valence electrons. The predicted molar refractivity (Wildman–Crippen MR) is 73.5 cm³/mol. The smallest absolute Gasteiger partial charge is 0.128 e.